The van der Waals surface area contributed by atoms with E-state index in [1.807, 2.05) is 31.2 Å². The third kappa shape index (κ3) is 4.73. The molecule has 0 aliphatic carbocycles. The van der Waals surface area contributed by atoms with Gasteiger partial charge in [-0.15, -0.1) is 0 Å². The van der Waals surface area contributed by atoms with Gasteiger partial charge in [0, 0.05) is 19.6 Å². The number of amides is 1. The van der Waals surface area contributed by atoms with Gasteiger partial charge in [-0.1, -0.05) is 29.8 Å². The van der Waals surface area contributed by atoms with Crippen LogP contribution < -0.4 is 5.32 Å². The summed E-state index contributed by atoms with van der Waals surface area (Å²) in [6.45, 7) is 2.91. The minimum atomic E-state index is -3.73. The highest BCUT2D eigenvalue weighted by Gasteiger charge is 2.33. The molecule has 1 heterocycles. The monoisotopic (exact) mass is 390 g/mol. The van der Waals surface area contributed by atoms with Gasteiger partial charge in [0.1, 0.15) is 5.82 Å². The van der Waals surface area contributed by atoms with Gasteiger partial charge in [0.05, 0.1) is 10.8 Å². The van der Waals surface area contributed by atoms with Gasteiger partial charge >= 0.3 is 0 Å². The van der Waals surface area contributed by atoms with E-state index < -0.39 is 21.8 Å². The van der Waals surface area contributed by atoms with Crippen LogP contribution in [0.2, 0.25) is 0 Å². The van der Waals surface area contributed by atoms with E-state index in [1.165, 1.54) is 16.4 Å². The first kappa shape index (κ1) is 19.5. The van der Waals surface area contributed by atoms with Crippen LogP contribution in [0.5, 0.6) is 0 Å². The van der Waals surface area contributed by atoms with Crippen LogP contribution in [0.15, 0.2) is 53.4 Å². The lowest BCUT2D eigenvalue weighted by molar-refractivity contribution is -0.126. The Labute approximate surface area is 159 Å². The first-order valence-electron chi connectivity index (χ1n) is 8.95. The Hall–Kier alpha value is -2.25. The molecule has 0 unspecified atom stereocenters. The number of sulfonamides is 1. The number of carbonyl (C=O) groups excluding carboxylic acids is 1. The molecule has 27 heavy (non-hydrogen) atoms. The minimum Gasteiger partial charge on any atom is -0.352 e. The van der Waals surface area contributed by atoms with Gasteiger partial charge in [-0.3, -0.25) is 4.79 Å². The summed E-state index contributed by atoms with van der Waals surface area (Å²) in [5.74, 6) is -1.02. The number of nitrogens with zero attached hydrogens (tertiary/aromatic N) is 1. The SMILES string of the molecule is Cc1cccc(CNC(=O)[C@@H]2CCCN(S(=O)(=O)c3ccc(F)cc3)C2)c1. The van der Waals surface area contributed by atoms with Crippen molar-refractivity contribution >= 4 is 15.9 Å². The number of carbonyl (C=O) groups is 1. The number of halogens is 1. The largest absolute Gasteiger partial charge is 0.352 e. The second kappa shape index (κ2) is 8.19. The molecule has 3 rings (SSSR count). The van der Waals surface area contributed by atoms with E-state index in [-0.39, 0.29) is 17.3 Å². The highest BCUT2D eigenvalue weighted by Crippen LogP contribution is 2.24. The molecule has 0 aromatic heterocycles. The van der Waals surface area contributed by atoms with Crippen molar-refractivity contribution in [1.82, 2.24) is 9.62 Å². The highest BCUT2D eigenvalue weighted by molar-refractivity contribution is 7.89. The Balaban J connectivity index is 1.64. The fourth-order valence-corrected chi connectivity index (χ4v) is 4.81. The standard InChI is InChI=1S/C20H23FN2O3S/c1-15-4-2-5-16(12-15)13-22-20(24)17-6-3-11-23(14-17)27(25,26)19-9-7-18(21)8-10-19/h2,4-5,7-10,12,17H,3,6,11,13-14H2,1H3,(H,22,24)/t17-/m1/s1. The molecular formula is C20H23FN2O3S. The van der Waals surface area contributed by atoms with Crippen LogP contribution in [0.4, 0.5) is 4.39 Å². The predicted molar refractivity (Wildman–Crippen MR) is 101 cm³/mol. The van der Waals surface area contributed by atoms with Crippen LogP contribution in [0.25, 0.3) is 0 Å². The zero-order valence-electron chi connectivity index (χ0n) is 15.2. The summed E-state index contributed by atoms with van der Waals surface area (Å²) in [5, 5.41) is 2.91. The molecular weight excluding hydrogens is 367 g/mol. The molecule has 2 aromatic rings. The summed E-state index contributed by atoms with van der Waals surface area (Å²) < 4.78 is 39.9. The molecule has 0 spiro atoms. The van der Waals surface area contributed by atoms with Crippen molar-refractivity contribution in [3.63, 3.8) is 0 Å². The molecule has 144 valence electrons. The predicted octanol–water partition coefficient (Wildman–Crippen LogP) is 2.85. The molecule has 1 aliphatic rings. The Morgan fingerprint density at radius 1 is 1.22 bits per heavy atom. The maximum atomic E-state index is 13.1. The second-order valence-corrected chi connectivity index (χ2v) is 8.80. The van der Waals surface area contributed by atoms with Crippen LogP contribution in [0.1, 0.15) is 24.0 Å². The molecule has 1 amide bonds. The van der Waals surface area contributed by atoms with E-state index in [0.29, 0.717) is 25.9 Å². The van der Waals surface area contributed by atoms with Crippen molar-refractivity contribution in [2.75, 3.05) is 13.1 Å². The first-order chi connectivity index (χ1) is 12.9. The molecule has 1 fully saturated rings. The van der Waals surface area contributed by atoms with Crippen molar-refractivity contribution in [2.24, 2.45) is 5.92 Å². The zero-order valence-corrected chi connectivity index (χ0v) is 16.0. The second-order valence-electron chi connectivity index (χ2n) is 6.86. The number of aryl methyl sites for hydroxylation is 1. The molecule has 0 radical (unpaired) electrons. The molecule has 1 saturated heterocycles. The molecule has 1 atom stereocenters. The highest BCUT2D eigenvalue weighted by atomic mass is 32.2. The maximum absolute atomic E-state index is 13.1. The number of benzene rings is 2. The Kier molecular flexibility index (Phi) is 5.92. The van der Waals surface area contributed by atoms with E-state index in [1.54, 1.807) is 0 Å². The molecule has 2 aromatic carbocycles. The number of piperidine rings is 1. The van der Waals surface area contributed by atoms with Crippen LogP contribution in [0, 0.1) is 18.7 Å². The van der Waals surface area contributed by atoms with E-state index in [2.05, 4.69) is 5.32 Å². The van der Waals surface area contributed by atoms with Crippen LogP contribution in [0.3, 0.4) is 0 Å². The van der Waals surface area contributed by atoms with Gasteiger partial charge < -0.3 is 5.32 Å². The normalized spacial score (nSPS) is 18.2. The van der Waals surface area contributed by atoms with E-state index in [0.717, 1.165) is 23.3 Å². The fourth-order valence-electron chi connectivity index (χ4n) is 3.29. The van der Waals surface area contributed by atoms with Gasteiger partial charge in [-0.05, 0) is 49.6 Å². The van der Waals surface area contributed by atoms with Crippen molar-refractivity contribution < 1.29 is 17.6 Å². The number of hydrogen-bond donors (Lipinski definition) is 1. The Bertz CT molecular complexity index is 913. The van der Waals surface area contributed by atoms with Gasteiger partial charge in [-0.2, -0.15) is 4.31 Å². The van der Waals surface area contributed by atoms with E-state index in [9.17, 15) is 17.6 Å². The summed E-state index contributed by atoms with van der Waals surface area (Å²) in [6.07, 6.45) is 1.26. The average molecular weight is 390 g/mol. The minimum absolute atomic E-state index is 0.0460. The van der Waals surface area contributed by atoms with Crippen molar-refractivity contribution in [3.05, 3.63) is 65.5 Å². The van der Waals surface area contributed by atoms with Crippen molar-refractivity contribution in [1.29, 1.82) is 0 Å². The summed E-state index contributed by atoms with van der Waals surface area (Å²) in [6, 6.07) is 12.6. The molecule has 7 heteroatoms. The molecule has 0 saturated carbocycles. The molecule has 1 aliphatic heterocycles. The molecule has 0 bridgehead atoms. The van der Waals surface area contributed by atoms with Gasteiger partial charge in [-0.25, -0.2) is 12.8 Å². The quantitative estimate of drug-likeness (QED) is 0.854. The fraction of sp³-hybridized carbons (Fsp3) is 0.350. The first-order valence-corrected chi connectivity index (χ1v) is 10.4. The lowest BCUT2D eigenvalue weighted by Crippen LogP contribution is -2.45. The lowest BCUT2D eigenvalue weighted by atomic mass is 9.98. The van der Waals surface area contributed by atoms with Gasteiger partial charge in [0.2, 0.25) is 15.9 Å². The maximum Gasteiger partial charge on any atom is 0.243 e. The van der Waals surface area contributed by atoms with E-state index >= 15 is 0 Å². The summed E-state index contributed by atoms with van der Waals surface area (Å²) >= 11 is 0. The molecule has 5 nitrogen and oxygen atoms in total. The van der Waals surface area contributed by atoms with Crippen molar-refractivity contribution in [2.45, 2.75) is 31.2 Å². The zero-order chi connectivity index (χ0) is 19.4. The Morgan fingerprint density at radius 3 is 2.67 bits per heavy atom. The van der Waals surface area contributed by atoms with Gasteiger partial charge in [0.15, 0.2) is 0 Å². The smallest absolute Gasteiger partial charge is 0.243 e. The van der Waals surface area contributed by atoms with E-state index in [4.69, 9.17) is 0 Å². The molecule has 1 N–H and O–H groups in total. The van der Waals surface area contributed by atoms with Crippen LogP contribution >= 0.6 is 0 Å². The van der Waals surface area contributed by atoms with Crippen LogP contribution in [-0.4, -0.2) is 31.7 Å². The number of hydrogen-bond acceptors (Lipinski definition) is 3. The summed E-state index contributed by atoms with van der Waals surface area (Å²) in [4.78, 5) is 12.6. The Morgan fingerprint density at radius 2 is 1.96 bits per heavy atom. The van der Waals surface area contributed by atoms with Crippen molar-refractivity contribution in [3.8, 4) is 0 Å². The average Bonchev–Trinajstić information content (AvgIpc) is 2.66. The topological polar surface area (TPSA) is 66.5 Å². The van der Waals surface area contributed by atoms with Crippen LogP contribution in [-0.2, 0) is 21.4 Å². The lowest BCUT2D eigenvalue weighted by Gasteiger charge is -2.31. The number of nitrogens with one attached hydrogen (secondary N) is 1. The third-order valence-corrected chi connectivity index (χ3v) is 6.63. The third-order valence-electron chi connectivity index (χ3n) is 4.76. The summed E-state index contributed by atoms with van der Waals surface area (Å²) in [5.41, 5.74) is 2.13. The number of rotatable bonds is 5. The van der Waals surface area contributed by atoms with Gasteiger partial charge in [0.25, 0.3) is 0 Å². The summed E-state index contributed by atoms with van der Waals surface area (Å²) in [7, 11) is -3.73.